The van der Waals surface area contributed by atoms with Crippen LogP contribution in [0.2, 0.25) is 0 Å². The molecule has 24 heavy (non-hydrogen) atoms. The standard InChI is InChI=1S/C17H23FN2O3.ClH/c1-20(12-6-10-4-5-11(7-12)19-10)17(21)13-8-15(22-2)16(23-3)9-14(13)18;/h8-12,19H,4-7H2,1-3H3;1H. The van der Waals surface area contributed by atoms with Crippen molar-refractivity contribution in [2.24, 2.45) is 0 Å². The van der Waals surface area contributed by atoms with Gasteiger partial charge in [0.1, 0.15) is 5.82 Å². The molecule has 2 heterocycles. The van der Waals surface area contributed by atoms with Crippen LogP contribution in [0.5, 0.6) is 11.5 Å². The summed E-state index contributed by atoms with van der Waals surface area (Å²) in [5.41, 5.74) is 0.0241. The van der Waals surface area contributed by atoms with Gasteiger partial charge >= 0.3 is 0 Å². The molecule has 5 nitrogen and oxygen atoms in total. The van der Waals surface area contributed by atoms with Crippen LogP contribution in [0.15, 0.2) is 12.1 Å². The minimum absolute atomic E-state index is 0. The molecule has 134 valence electrons. The van der Waals surface area contributed by atoms with E-state index in [9.17, 15) is 9.18 Å². The fourth-order valence-electron chi connectivity index (χ4n) is 3.72. The van der Waals surface area contributed by atoms with E-state index in [0.29, 0.717) is 17.8 Å². The number of amides is 1. The van der Waals surface area contributed by atoms with Gasteiger partial charge in [-0.1, -0.05) is 0 Å². The molecule has 0 radical (unpaired) electrons. The van der Waals surface area contributed by atoms with Crippen molar-refractivity contribution >= 4 is 18.3 Å². The molecule has 2 fully saturated rings. The summed E-state index contributed by atoms with van der Waals surface area (Å²) in [6.07, 6.45) is 4.17. The molecule has 1 aromatic carbocycles. The van der Waals surface area contributed by atoms with Crippen LogP contribution in [-0.2, 0) is 0 Å². The molecular formula is C17H24ClFN2O3. The molecule has 2 aliphatic heterocycles. The highest BCUT2D eigenvalue weighted by molar-refractivity contribution is 5.95. The molecule has 0 aromatic heterocycles. The monoisotopic (exact) mass is 358 g/mol. The molecule has 2 atom stereocenters. The summed E-state index contributed by atoms with van der Waals surface area (Å²) in [4.78, 5) is 14.4. The predicted octanol–water partition coefficient (Wildman–Crippen LogP) is 2.62. The highest BCUT2D eigenvalue weighted by Gasteiger charge is 2.37. The van der Waals surface area contributed by atoms with Crippen molar-refractivity contribution in [3.8, 4) is 11.5 Å². The highest BCUT2D eigenvalue weighted by atomic mass is 35.5. The minimum atomic E-state index is -0.587. The Kier molecular flexibility index (Phi) is 5.93. The van der Waals surface area contributed by atoms with Crippen LogP contribution in [-0.4, -0.2) is 50.2 Å². The van der Waals surface area contributed by atoms with Crippen LogP contribution in [0, 0.1) is 5.82 Å². The Morgan fingerprint density at radius 1 is 1.17 bits per heavy atom. The largest absolute Gasteiger partial charge is 0.493 e. The van der Waals surface area contributed by atoms with E-state index in [4.69, 9.17) is 9.47 Å². The lowest BCUT2D eigenvalue weighted by atomic mass is 9.98. The van der Waals surface area contributed by atoms with Gasteiger partial charge in [0.2, 0.25) is 0 Å². The van der Waals surface area contributed by atoms with Gasteiger partial charge in [-0.15, -0.1) is 12.4 Å². The van der Waals surface area contributed by atoms with Crippen molar-refractivity contribution in [1.29, 1.82) is 0 Å². The fourth-order valence-corrected chi connectivity index (χ4v) is 3.72. The van der Waals surface area contributed by atoms with Crippen molar-refractivity contribution in [3.05, 3.63) is 23.5 Å². The highest BCUT2D eigenvalue weighted by Crippen LogP contribution is 2.33. The second kappa shape index (κ2) is 7.57. The Hall–Kier alpha value is -1.53. The predicted molar refractivity (Wildman–Crippen MR) is 91.8 cm³/mol. The van der Waals surface area contributed by atoms with Crippen molar-refractivity contribution in [1.82, 2.24) is 10.2 Å². The SMILES string of the molecule is COc1cc(F)c(C(=O)N(C)C2CC3CCC(C2)N3)cc1OC.Cl. The zero-order valence-corrected chi connectivity index (χ0v) is 15.0. The third kappa shape index (κ3) is 3.44. The fraction of sp³-hybridized carbons (Fsp3) is 0.588. The maximum atomic E-state index is 14.3. The van der Waals surface area contributed by atoms with E-state index in [1.54, 1.807) is 11.9 Å². The second-order valence-corrected chi connectivity index (χ2v) is 6.37. The zero-order valence-electron chi connectivity index (χ0n) is 14.2. The number of ether oxygens (including phenoxy) is 2. The summed E-state index contributed by atoms with van der Waals surface area (Å²) < 4.78 is 24.5. The van der Waals surface area contributed by atoms with Crippen LogP contribution in [0.4, 0.5) is 4.39 Å². The van der Waals surface area contributed by atoms with Crippen LogP contribution in [0.25, 0.3) is 0 Å². The van der Waals surface area contributed by atoms with Gasteiger partial charge < -0.3 is 19.7 Å². The van der Waals surface area contributed by atoms with Crippen molar-refractivity contribution in [2.75, 3.05) is 21.3 Å². The number of methoxy groups -OCH3 is 2. The van der Waals surface area contributed by atoms with Crippen LogP contribution in [0.1, 0.15) is 36.0 Å². The van der Waals surface area contributed by atoms with Crippen molar-refractivity contribution in [3.63, 3.8) is 0 Å². The lowest BCUT2D eigenvalue weighted by Crippen LogP contribution is -2.48. The molecule has 2 aliphatic rings. The number of nitrogens with one attached hydrogen (secondary N) is 1. The Labute approximate surface area is 147 Å². The Balaban J connectivity index is 0.00000208. The molecule has 1 aromatic rings. The summed E-state index contributed by atoms with van der Waals surface area (Å²) in [7, 11) is 4.67. The maximum Gasteiger partial charge on any atom is 0.256 e. The lowest BCUT2D eigenvalue weighted by molar-refractivity contribution is 0.0676. The number of carbonyl (C=O) groups excluding carboxylic acids is 1. The summed E-state index contributed by atoms with van der Waals surface area (Å²) >= 11 is 0. The summed E-state index contributed by atoms with van der Waals surface area (Å²) in [5.74, 6) is -0.258. The molecule has 2 saturated heterocycles. The third-order valence-electron chi connectivity index (χ3n) is 5.02. The first-order valence-corrected chi connectivity index (χ1v) is 7.98. The first-order valence-electron chi connectivity index (χ1n) is 7.98. The van der Waals surface area contributed by atoms with Gasteiger partial charge in [0, 0.05) is 31.2 Å². The van der Waals surface area contributed by atoms with Crippen molar-refractivity contribution < 1.29 is 18.7 Å². The average molecular weight is 359 g/mol. The normalized spacial score (nSPS) is 24.9. The number of hydrogen-bond donors (Lipinski definition) is 1. The quantitative estimate of drug-likeness (QED) is 0.899. The van der Waals surface area contributed by atoms with Gasteiger partial charge in [0.05, 0.1) is 19.8 Å². The summed E-state index contributed by atoms with van der Waals surface area (Å²) in [6, 6.07) is 3.72. The number of carbonyl (C=O) groups is 1. The Morgan fingerprint density at radius 3 is 2.25 bits per heavy atom. The molecule has 0 saturated carbocycles. The molecule has 1 N–H and O–H groups in total. The number of benzene rings is 1. The van der Waals surface area contributed by atoms with Gasteiger partial charge in [0.15, 0.2) is 11.5 Å². The van der Waals surface area contributed by atoms with E-state index in [1.807, 2.05) is 0 Å². The molecule has 2 bridgehead atoms. The molecular weight excluding hydrogens is 335 g/mol. The van der Waals surface area contributed by atoms with E-state index in [2.05, 4.69) is 5.32 Å². The van der Waals surface area contributed by atoms with E-state index in [1.165, 1.54) is 26.4 Å². The maximum absolute atomic E-state index is 14.3. The van der Waals surface area contributed by atoms with Gasteiger partial charge in [-0.3, -0.25) is 4.79 Å². The first kappa shape index (κ1) is 18.8. The number of fused-ring (bicyclic) bond motifs is 2. The van der Waals surface area contributed by atoms with E-state index < -0.39 is 5.82 Å². The average Bonchev–Trinajstić information content (AvgIpc) is 2.91. The lowest BCUT2D eigenvalue weighted by Gasteiger charge is -2.35. The Morgan fingerprint density at radius 2 is 1.71 bits per heavy atom. The third-order valence-corrected chi connectivity index (χ3v) is 5.02. The molecule has 1 amide bonds. The summed E-state index contributed by atoms with van der Waals surface area (Å²) in [6.45, 7) is 0. The minimum Gasteiger partial charge on any atom is -0.493 e. The number of nitrogens with zero attached hydrogens (tertiary/aromatic N) is 1. The van der Waals surface area contributed by atoms with Gasteiger partial charge in [0.25, 0.3) is 5.91 Å². The first-order chi connectivity index (χ1) is 11.0. The molecule has 2 unspecified atom stereocenters. The smallest absolute Gasteiger partial charge is 0.256 e. The van der Waals surface area contributed by atoms with Crippen LogP contribution >= 0.6 is 12.4 Å². The van der Waals surface area contributed by atoms with Crippen LogP contribution in [0.3, 0.4) is 0 Å². The number of halogens is 2. The van der Waals surface area contributed by atoms with Crippen molar-refractivity contribution in [2.45, 2.75) is 43.8 Å². The second-order valence-electron chi connectivity index (χ2n) is 6.37. The molecule has 3 rings (SSSR count). The molecule has 0 spiro atoms. The Bertz CT molecular complexity index is 602. The van der Waals surface area contributed by atoms with Gasteiger partial charge in [-0.05, 0) is 31.7 Å². The molecule has 0 aliphatic carbocycles. The number of piperidine rings is 1. The zero-order chi connectivity index (χ0) is 16.6. The summed E-state index contributed by atoms with van der Waals surface area (Å²) in [5, 5.41) is 3.55. The van der Waals surface area contributed by atoms with Crippen LogP contribution < -0.4 is 14.8 Å². The van der Waals surface area contributed by atoms with E-state index >= 15 is 0 Å². The van der Waals surface area contributed by atoms with E-state index in [-0.39, 0.29) is 35.7 Å². The van der Waals surface area contributed by atoms with Gasteiger partial charge in [-0.25, -0.2) is 4.39 Å². The number of hydrogen-bond acceptors (Lipinski definition) is 4. The van der Waals surface area contributed by atoms with E-state index in [0.717, 1.165) is 25.7 Å². The number of rotatable bonds is 4. The van der Waals surface area contributed by atoms with Gasteiger partial charge in [-0.2, -0.15) is 0 Å². The topological polar surface area (TPSA) is 50.8 Å². The molecule has 7 heteroatoms.